The Morgan fingerprint density at radius 2 is 1.78 bits per heavy atom. The van der Waals surface area contributed by atoms with Crippen LogP contribution >= 0.6 is 0 Å². The Morgan fingerprint density at radius 3 is 2.51 bits per heavy atom. The average Bonchev–Trinajstić information content (AvgIpc) is 3.34. The molecule has 1 atom stereocenters. The molecule has 0 fully saturated rings. The molecule has 0 bridgehead atoms. The van der Waals surface area contributed by atoms with Gasteiger partial charge in [-0.1, -0.05) is 12.1 Å². The molecule has 0 amide bonds. The van der Waals surface area contributed by atoms with Gasteiger partial charge in [0.25, 0.3) is 5.56 Å². The van der Waals surface area contributed by atoms with Crippen LogP contribution in [0.3, 0.4) is 0 Å². The highest BCUT2D eigenvalue weighted by Gasteiger charge is 2.26. The second kappa shape index (κ2) is 10.0. The minimum atomic E-state index is -0.696. The summed E-state index contributed by atoms with van der Waals surface area (Å²) in [5.74, 6) is -0.476. The lowest BCUT2D eigenvalue weighted by Gasteiger charge is -2.18. The van der Waals surface area contributed by atoms with Crippen molar-refractivity contribution in [3.8, 4) is 28.3 Å². The molecule has 10 nitrogen and oxygen atoms in total. The van der Waals surface area contributed by atoms with Crippen LogP contribution in [0, 0.1) is 11.6 Å². The molecule has 1 unspecified atom stereocenters. The van der Waals surface area contributed by atoms with E-state index in [4.69, 9.17) is 20.6 Å². The standard InChI is InChI=1S/C29H24F2N8O2/c1-15(2)41-22-10-7-18(12-33-22)26-24-27(32)34-14-35-28(24)39(37-26)16(3)25-23(17-5-4-6-19(30)11-17)29(40)38-13-20(31)8-9-21(38)36-25/h4-16H,1-3H3,(H2,32,34,35). The van der Waals surface area contributed by atoms with Crippen LogP contribution in [-0.4, -0.2) is 40.2 Å². The van der Waals surface area contributed by atoms with Gasteiger partial charge in [0.1, 0.15) is 35.1 Å². The maximum Gasteiger partial charge on any atom is 0.266 e. The van der Waals surface area contributed by atoms with Crippen molar-refractivity contribution in [3.63, 3.8) is 0 Å². The van der Waals surface area contributed by atoms with Crippen LogP contribution in [0.15, 0.2) is 72.0 Å². The molecule has 0 aliphatic heterocycles. The van der Waals surface area contributed by atoms with Gasteiger partial charge in [0.2, 0.25) is 5.88 Å². The predicted octanol–water partition coefficient (Wildman–Crippen LogP) is 4.82. The highest BCUT2D eigenvalue weighted by molar-refractivity contribution is 5.98. The monoisotopic (exact) mass is 554 g/mol. The molecule has 6 aromatic rings. The average molecular weight is 555 g/mol. The van der Waals surface area contributed by atoms with Crippen LogP contribution in [-0.2, 0) is 0 Å². The summed E-state index contributed by atoms with van der Waals surface area (Å²) in [6.45, 7) is 5.60. The SMILES string of the molecule is CC(C)Oc1ccc(-c2nn(C(C)c3nc4ccc(F)cn4c(=O)c3-c3cccc(F)c3)c3ncnc(N)c23)cn1. The van der Waals surface area contributed by atoms with Gasteiger partial charge in [0.05, 0.1) is 28.8 Å². The molecule has 0 saturated heterocycles. The van der Waals surface area contributed by atoms with Crippen molar-refractivity contribution < 1.29 is 13.5 Å². The second-order valence-electron chi connectivity index (χ2n) is 9.74. The van der Waals surface area contributed by atoms with Crippen molar-refractivity contribution in [1.29, 1.82) is 0 Å². The van der Waals surface area contributed by atoms with Crippen LogP contribution in [0.1, 0.15) is 32.5 Å². The lowest BCUT2D eigenvalue weighted by atomic mass is 10.0. The Labute approximate surface area is 232 Å². The van der Waals surface area contributed by atoms with Crippen molar-refractivity contribution in [2.24, 2.45) is 0 Å². The van der Waals surface area contributed by atoms with E-state index in [0.29, 0.717) is 39.4 Å². The molecule has 12 heteroatoms. The topological polar surface area (TPSA) is 126 Å². The Kier molecular flexibility index (Phi) is 6.37. The Morgan fingerprint density at radius 1 is 0.951 bits per heavy atom. The quantitative estimate of drug-likeness (QED) is 0.311. The van der Waals surface area contributed by atoms with Gasteiger partial charge in [0, 0.05) is 24.0 Å². The molecule has 5 aromatic heterocycles. The zero-order chi connectivity index (χ0) is 28.8. The first-order chi connectivity index (χ1) is 19.7. The zero-order valence-corrected chi connectivity index (χ0v) is 22.3. The number of fused-ring (bicyclic) bond motifs is 2. The predicted molar refractivity (Wildman–Crippen MR) is 149 cm³/mol. The molecule has 41 heavy (non-hydrogen) atoms. The molecule has 0 aliphatic carbocycles. The number of nitrogen functional groups attached to an aromatic ring is 1. The van der Waals surface area contributed by atoms with Crippen molar-refractivity contribution >= 4 is 22.5 Å². The van der Waals surface area contributed by atoms with E-state index in [9.17, 15) is 13.6 Å². The van der Waals surface area contributed by atoms with Crippen molar-refractivity contribution in [2.45, 2.75) is 32.9 Å². The molecular formula is C29H24F2N8O2. The maximum absolute atomic E-state index is 14.3. The summed E-state index contributed by atoms with van der Waals surface area (Å²) in [4.78, 5) is 31.4. The fraction of sp³-hybridized carbons (Fsp3) is 0.172. The Bertz CT molecular complexity index is 1990. The molecule has 0 saturated carbocycles. The molecular weight excluding hydrogens is 530 g/mol. The van der Waals surface area contributed by atoms with Crippen molar-refractivity contribution in [2.75, 3.05) is 5.73 Å². The fourth-order valence-electron chi connectivity index (χ4n) is 4.76. The third-order valence-corrected chi connectivity index (χ3v) is 6.57. The minimum Gasteiger partial charge on any atom is -0.475 e. The molecule has 2 N–H and O–H groups in total. The fourth-order valence-corrected chi connectivity index (χ4v) is 4.76. The third-order valence-electron chi connectivity index (χ3n) is 6.57. The molecule has 0 spiro atoms. The molecule has 206 valence electrons. The van der Waals surface area contributed by atoms with Crippen LogP contribution in [0.25, 0.3) is 39.1 Å². The highest BCUT2D eigenvalue weighted by Crippen LogP contribution is 2.35. The Hall–Kier alpha value is -5.26. The largest absolute Gasteiger partial charge is 0.475 e. The lowest BCUT2D eigenvalue weighted by molar-refractivity contribution is 0.232. The first kappa shape index (κ1) is 26.0. The summed E-state index contributed by atoms with van der Waals surface area (Å²) in [5, 5.41) is 5.33. The van der Waals surface area contributed by atoms with Gasteiger partial charge in [0.15, 0.2) is 5.65 Å². The van der Waals surface area contributed by atoms with E-state index in [1.807, 2.05) is 13.8 Å². The first-order valence-corrected chi connectivity index (χ1v) is 12.8. The third kappa shape index (κ3) is 4.62. The number of aromatic nitrogens is 7. The van der Waals surface area contributed by atoms with Gasteiger partial charge >= 0.3 is 0 Å². The summed E-state index contributed by atoms with van der Waals surface area (Å²) in [5.41, 5.74) is 8.15. The van der Waals surface area contributed by atoms with E-state index in [1.54, 1.807) is 36.0 Å². The van der Waals surface area contributed by atoms with Crippen LogP contribution in [0.2, 0.25) is 0 Å². The van der Waals surface area contributed by atoms with E-state index >= 15 is 0 Å². The molecule has 1 aromatic carbocycles. The number of ether oxygens (including phenoxy) is 1. The number of halogens is 2. The summed E-state index contributed by atoms with van der Waals surface area (Å²) in [6, 6.07) is 11.1. The summed E-state index contributed by atoms with van der Waals surface area (Å²) in [7, 11) is 0. The number of pyridine rings is 2. The van der Waals surface area contributed by atoms with E-state index in [-0.39, 0.29) is 23.1 Å². The summed E-state index contributed by atoms with van der Waals surface area (Å²) in [6.07, 6.45) is 3.95. The van der Waals surface area contributed by atoms with Crippen molar-refractivity contribution in [3.05, 3.63) is 94.9 Å². The molecule has 0 aliphatic rings. The number of rotatable bonds is 6. The van der Waals surface area contributed by atoms with Crippen LogP contribution < -0.4 is 16.0 Å². The Balaban J connectivity index is 1.58. The van der Waals surface area contributed by atoms with Gasteiger partial charge in [-0.25, -0.2) is 33.4 Å². The molecule has 5 heterocycles. The van der Waals surface area contributed by atoms with Gasteiger partial charge in [-0.2, -0.15) is 5.10 Å². The summed E-state index contributed by atoms with van der Waals surface area (Å²) < 4.78 is 36.8. The highest BCUT2D eigenvalue weighted by atomic mass is 19.1. The van der Waals surface area contributed by atoms with E-state index in [1.165, 1.54) is 36.7 Å². The number of hydrogen-bond acceptors (Lipinski definition) is 8. The smallest absolute Gasteiger partial charge is 0.266 e. The van der Waals surface area contributed by atoms with Gasteiger partial charge < -0.3 is 10.5 Å². The number of nitrogens with zero attached hydrogens (tertiary/aromatic N) is 7. The van der Waals surface area contributed by atoms with Gasteiger partial charge in [-0.3, -0.25) is 9.20 Å². The van der Waals surface area contributed by atoms with Gasteiger partial charge in [-0.15, -0.1) is 0 Å². The van der Waals surface area contributed by atoms with Crippen LogP contribution in [0.4, 0.5) is 14.6 Å². The molecule has 6 rings (SSSR count). The summed E-state index contributed by atoms with van der Waals surface area (Å²) >= 11 is 0. The second-order valence-corrected chi connectivity index (χ2v) is 9.74. The molecule has 0 radical (unpaired) electrons. The maximum atomic E-state index is 14.3. The van der Waals surface area contributed by atoms with Crippen molar-refractivity contribution in [1.82, 2.24) is 34.1 Å². The van der Waals surface area contributed by atoms with E-state index in [0.717, 1.165) is 10.6 Å². The zero-order valence-electron chi connectivity index (χ0n) is 22.3. The number of anilines is 1. The first-order valence-electron chi connectivity index (χ1n) is 12.8. The van der Waals surface area contributed by atoms with E-state index in [2.05, 4.69) is 15.0 Å². The van der Waals surface area contributed by atoms with Crippen LogP contribution in [0.5, 0.6) is 5.88 Å². The number of hydrogen-bond donors (Lipinski definition) is 1. The number of benzene rings is 1. The number of nitrogens with two attached hydrogens (primary N) is 1. The lowest BCUT2D eigenvalue weighted by Crippen LogP contribution is -2.23. The van der Waals surface area contributed by atoms with E-state index < -0.39 is 23.2 Å². The normalized spacial score (nSPS) is 12.3. The minimum absolute atomic E-state index is 0.0411. The van der Waals surface area contributed by atoms with Gasteiger partial charge in [-0.05, 0) is 56.7 Å².